The Labute approximate surface area is 89.9 Å². The molecular formula is C11H18N2O2. The lowest BCUT2D eigenvalue weighted by Gasteiger charge is -2.28. The van der Waals surface area contributed by atoms with Crippen molar-refractivity contribution in [2.24, 2.45) is 5.92 Å². The number of aromatic amines is 1. The Kier molecular flexibility index (Phi) is 3.91. The molecule has 0 saturated heterocycles. The fourth-order valence-electron chi connectivity index (χ4n) is 2.01. The smallest absolute Gasteiger partial charge is 0.303 e. The molecule has 84 valence electrons. The summed E-state index contributed by atoms with van der Waals surface area (Å²) in [6, 6.07) is 4.04. The van der Waals surface area contributed by atoms with Gasteiger partial charge < -0.3 is 15.0 Å². The van der Waals surface area contributed by atoms with Crippen LogP contribution >= 0.6 is 0 Å². The second kappa shape index (κ2) is 4.98. The average molecular weight is 210 g/mol. The van der Waals surface area contributed by atoms with E-state index in [2.05, 4.69) is 4.98 Å². The Bertz CT molecular complexity index is 306. The van der Waals surface area contributed by atoms with E-state index in [9.17, 15) is 4.79 Å². The summed E-state index contributed by atoms with van der Waals surface area (Å²) in [4.78, 5) is 15.9. The van der Waals surface area contributed by atoms with E-state index in [1.54, 1.807) is 0 Å². The van der Waals surface area contributed by atoms with E-state index >= 15 is 0 Å². The van der Waals surface area contributed by atoms with Crippen LogP contribution in [0.25, 0.3) is 0 Å². The van der Waals surface area contributed by atoms with Crippen LogP contribution in [0.15, 0.2) is 18.3 Å². The highest BCUT2D eigenvalue weighted by atomic mass is 16.4. The van der Waals surface area contributed by atoms with Gasteiger partial charge in [0.15, 0.2) is 0 Å². The van der Waals surface area contributed by atoms with Crippen LogP contribution < -0.4 is 0 Å². The number of aromatic nitrogens is 1. The first-order valence-electron chi connectivity index (χ1n) is 5.04. The van der Waals surface area contributed by atoms with Crippen LogP contribution in [-0.4, -0.2) is 35.1 Å². The SMILES string of the molecule is CC(CC(=O)O)C(c1ccc[nH]1)N(C)C. The number of nitrogens with one attached hydrogen (secondary N) is 1. The van der Waals surface area contributed by atoms with Crippen LogP contribution in [0.2, 0.25) is 0 Å². The third-order valence-corrected chi connectivity index (χ3v) is 2.53. The van der Waals surface area contributed by atoms with Crippen molar-refractivity contribution in [3.8, 4) is 0 Å². The standard InChI is InChI=1S/C11H18N2O2/c1-8(7-10(14)15)11(13(2)3)9-5-4-6-12-9/h4-6,8,11-12H,7H2,1-3H3,(H,14,15). The van der Waals surface area contributed by atoms with Crippen LogP contribution in [-0.2, 0) is 4.79 Å². The van der Waals surface area contributed by atoms with Crippen molar-refractivity contribution in [2.75, 3.05) is 14.1 Å². The quantitative estimate of drug-likeness (QED) is 0.778. The van der Waals surface area contributed by atoms with Gasteiger partial charge in [0, 0.05) is 18.3 Å². The molecule has 4 nitrogen and oxygen atoms in total. The highest BCUT2D eigenvalue weighted by Crippen LogP contribution is 2.27. The Balaban J connectivity index is 2.79. The largest absolute Gasteiger partial charge is 0.481 e. The minimum atomic E-state index is -0.749. The number of carboxylic acid groups (broad SMARTS) is 1. The number of carbonyl (C=O) groups is 1. The van der Waals surface area contributed by atoms with Gasteiger partial charge >= 0.3 is 5.97 Å². The van der Waals surface area contributed by atoms with Gasteiger partial charge in [0.25, 0.3) is 0 Å². The normalized spacial score (nSPS) is 15.2. The van der Waals surface area contributed by atoms with E-state index in [1.807, 2.05) is 44.2 Å². The fraction of sp³-hybridized carbons (Fsp3) is 0.545. The number of hydrogen-bond acceptors (Lipinski definition) is 2. The molecule has 0 fully saturated rings. The zero-order valence-corrected chi connectivity index (χ0v) is 9.40. The maximum atomic E-state index is 10.7. The summed E-state index contributed by atoms with van der Waals surface area (Å²) in [6.45, 7) is 1.96. The van der Waals surface area contributed by atoms with Crippen LogP contribution in [0, 0.1) is 5.92 Å². The maximum absolute atomic E-state index is 10.7. The monoisotopic (exact) mass is 210 g/mol. The molecule has 0 aliphatic carbocycles. The van der Waals surface area contributed by atoms with Gasteiger partial charge in [-0.1, -0.05) is 6.92 Å². The summed E-state index contributed by atoms with van der Waals surface area (Å²) in [6.07, 6.45) is 2.04. The molecule has 15 heavy (non-hydrogen) atoms. The van der Waals surface area contributed by atoms with Crippen molar-refractivity contribution in [1.82, 2.24) is 9.88 Å². The Morgan fingerprint density at radius 3 is 2.67 bits per heavy atom. The molecule has 1 aromatic heterocycles. The third-order valence-electron chi connectivity index (χ3n) is 2.53. The fourth-order valence-corrected chi connectivity index (χ4v) is 2.01. The highest BCUT2D eigenvalue weighted by Gasteiger charge is 2.24. The molecule has 0 aliphatic heterocycles. The minimum absolute atomic E-state index is 0.0798. The molecule has 4 heteroatoms. The van der Waals surface area contributed by atoms with Crippen LogP contribution in [0.5, 0.6) is 0 Å². The zero-order chi connectivity index (χ0) is 11.4. The topological polar surface area (TPSA) is 56.3 Å². The second-order valence-electron chi connectivity index (χ2n) is 4.11. The number of carboxylic acids is 1. The predicted molar refractivity (Wildman–Crippen MR) is 58.6 cm³/mol. The van der Waals surface area contributed by atoms with Crippen molar-refractivity contribution in [2.45, 2.75) is 19.4 Å². The Morgan fingerprint density at radius 2 is 2.27 bits per heavy atom. The molecule has 0 amide bonds. The van der Waals surface area contributed by atoms with Gasteiger partial charge in [0.2, 0.25) is 0 Å². The molecule has 1 rings (SSSR count). The van der Waals surface area contributed by atoms with E-state index in [0.717, 1.165) is 5.69 Å². The van der Waals surface area contributed by atoms with E-state index in [0.29, 0.717) is 0 Å². The van der Waals surface area contributed by atoms with Crippen LogP contribution in [0.1, 0.15) is 25.1 Å². The van der Waals surface area contributed by atoms with Crippen molar-refractivity contribution in [1.29, 1.82) is 0 Å². The first kappa shape index (κ1) is 11.8. The van der Waals surface area contributed by atoms with Gasteiger partial charge in [-0.15, -0.1) is 0 Å². The first-order valence-corrected chi connectivity index (χ1v) is 5.04. The number of rotatable bonds is 5. The van der Waals surface area contributed by atoms with Gasteiger partial charge in [-0.25, -0.2) is 0 Å². The van der Waals surface area contributed by atoms with Crippen molar-refractivity contribution < 1.29 is 9.90 Å². The summed E-state index contributed by atoms with van der Waals surface area (Å²) < 4.78 is 0. The first-order chi connectivity index (χ1) is 7.02. The molecular weight excluding hydrogens is 192 g/mol. The summed E-state index contributed by atoms with van der Waals surface area (Å²) in [7, 11) is 3.92. The maximum Gasteiger partial charge on any atom is 0.303 e. The number of aliphatic carboxylic acids is 1. The second-order valence-corrected chi connectivity index (χ2v) is 4.11. The third kappa shape index (κ3) is 3.09. The van der Waals surface area contributed by atoms with Gasteiger partial charge in [-0.05, 0) is 32.1 Å². The number of nitrogens with zero attached hydrogens (tertiary/aromatic N) is 1. The van der Waals surface area contributed by atoms with Crippen LogP contribution in [0.3, 0.4) is 0 Å². The van der Waals surface area contributed by atoms with Gasteiger partial charge in [0.1, 0.15) is 0 Å². The zero-order valence-electron chi connectivity index (χ0n) is 9.40. The molecule has 0 aromatic carbocycles. The summed E-state index contributed by atoms with van der Waals surface area (Å²) in [5.41, 5.74) is 1.06. The lowest BCUT2D eigenvalue weighted by molar-refractivity contribution is -0.138. The van der Waals surface area contributed by atoms with Crippen molar-refractivity contribution >= 4 is 5.97 Å². The van der Waals surface area contributed by atoms with Gasteiger partial charge in [0.05, 0.1) is 6.04 Å². The van der Waals surface area contributed by atoms with Gasteiger partial charge in [-0.3, -0.25) is 4.79 Å². The molecule has 2 unspecified atom stereocenters. The summed E-state index contributed by atoms with van der Waals surface area (Å²) in [5, 5.41) is 8.78. The molecule has 0 radical (unpaired) electrons. The van der Waals surface area contributed by atoms with E-state index in [1.165, 1.54) is 0 Å². The lowest BCUT2D eigenvalue weighted by atomic mass is 9.95. The molecule has 0 spiro atoms. The van der Waals surface area contributed by atoms with Gasteiger partial charge in [-0.2, -0.15) is 0 Å². The summed E-state index contributed by atoms with van der Waals surface area (Å²) in [5.74, 6) is -0.669. The van der Waals surface area contributed by atoms with E-state index in [4.69, 9.17) is 5.11 Å². The molecule has 1 heterocycles. The Morgan fingerprint density at radius 1 is 1.60 bits per heavy atom. The number of H-pyrrole nitrogens is 1. The number of hydrogen-bond donors (Lipinski definition) is 2. The average Bonchev–Trinajstić information content (AvgIpc) is 2.54. The minimum Gasteiger partial charge on any atom is -0.481 e. The molecule has 0 aliphatic rings. The molecule has 0 saturated carbocycles. The molecule has 2 atom stereocenters. The molecule has 2 N–H and O–H groups in total. The van der Waals surface area contributed by atoms with E-state index < -0.39 is 5.97 Å². The summed E-state index contributed by atoms with van der Waals surface area (Å²) >= 11 is 0. The predicted octanol–water partition coefficient (Wildman–Crippen LogP) is 1.73. The van der Waals surface area contributed by atoms with Crippen molar-refractivity contribution in [3.63, 3.8) is 0 Å². The van der Waals surface area contributed by atoms with E-state index in [-0.39, 0.29) is 18.4 Å². The molecule has 1 aromatic rings. The Hall–Kier alpha value is -1.29. The highest BCUT2D eigenvalue weighted by molar-refractivity contribution is 5.67. The lowest BCUT2D eigenvalue weighted by Crippen LogP contribution is -2.27. The van der Waals surface area contributed by atoms with Crippen LogP contribution in [0.4, 0.5) is 0 Å². The molecule has 0 bridgehead atoms. The van der Waals surface area contributed by atoms with Crippen molar-refractivity contribution in [3.05, 3.63) is 24.0 Å².